The van der Waals surface area contributed by atoms with Crippen molar-refractivity contribution in [1.29, 1.82) is 0 Å². The molecule has 2 aromatic rings. The maximum atomic E-state index is 12.6. The van der Waals surface area contributed by atoms with E-state index in [1.54, 1.807) is 0 Å². The molecule has 3 heterocycles. The van der Waals surface area contributed by atoms with E-state index in [1.165, 1.54) is 0 Å². The number of para-hydroxylation sites is 1. The average molecular weight is 313 g/mol. The van der Waals surface area contributed by atoms with E-state index in [1.807, 2.05) is 35.2 Å². The van der Waals surface area contributed by atoms with E-state index in [-0.39, 0.29) is 17.9 Å². The van der Waals surface area contributed by atoms with Gasteiger partial charge in [-0.25, -0.2) is 0 Å². The van der Waals surface area contributed by atoms with Crippen LogP contribution in [-0.4, -0.2) is 65.5 Å². The molecule has 2 aliphatic rings. The van der Waals surface area contributed by atoms with Crippen molar-refractivity contribution in [2.45, 2.75) is 12.5 Å². The topological polar surface area (TPSA) is 65.6 Å². The molecule has 2 aliphatic heterocycles. The Morgan fingerprint density at radius 1 is 1.17 bits per heavy atom. The Hall–Kier alpha value is -2.34. The molecule has 0 aliphatic carbocycles. The van der Waals surface area contributed by atoms with Gasteiger partial charge in [0.15, 0.2) is 0 Å². The van der Waals surface area contributed by atoms with E-state index in [0.717, 1.165) is 17.3 Å². The van der Waals surface area contributed by atoms with Crippen LogP contribution in [0.4, 0.5) is 0 Å². The minimum Gasteiger partial charge on any atom is -0.464 e. The predicted octanol–water partition coefficient (Wildman–Crippen LogP) is 1.24. The molecule has 1 aromatic heterocycles. The molecule has 23 heavy (non-hydrogen) atoms. The highest BCUT2D eigenvalue weighted by molar-refractivity contribution is 5.98. The summed E-state index contributed by atoms with van der Waals surface area (Å²) in [6.07, 6.45) is 0.759. The Balaban J connectivity index is 1.43. The molecule has 6 nitrogen and oxygen atoms in total. The SMILES string of the molecule is O=C1OCC[C@H]1N1CCN(C(=O)c2cc3ccccc3[nH]2)CC1. The summed E-state index contributed by atoms with van der Waals surface area (Å²) in [5.41, 5.74) is 1.60. The number of aromatic nitrogens is 1. The molecule has 1 amide bonds. The first-order valence-electron chi connectivity index (χ1n) is 8.00. The van der Waals surface area contributed by atoms with Crippen LogP contribution in [0.25, 0.3) is 10.9 Å². The van der Waals surface area contributed by atoms with Crippen LogP contribution in [0.1, 0.15) is 16.9 Å². The van der Waals surface area contributed by atoms with Gasteiger partial charge in [-0.1, -0.05) is 18.2 Å². The monoisotopic (exact) mass is 313 g/mol. The molecule has 0 radical (unpaired) electrons. The lowest BCUT2D eigenvalue weighted by Gasteiger charge is -2.36. The van der Waals surface area contributed by atoms with E-state index < -0.39 is 0 Å². The number of hydrogen-bond acceptors (Lipinski definition) is 4. The highest BCUT2D eigenvalue weighted by Gasteiger charge is 2.35. The van der Waals surface area contributed by atoms with Crippen molar-refractivity contribution in [3.05, 3.63) is 36.0 Å². The number of aromatic amines is 1. The summed E-state index contributed by atoms with van der Waals surface area (Å²) in [5.74, 6) is -0.102. The Morgan fingerprint density at radius 2 is 1.96 bits per heavy atom. The van der Waals surface area contributed by atoms with Crippen molar-refractivity contribution >= 4 is 22.8 Å². The number of H-pyrrole nitrogens is 1. The lowest BCUT2D eigenvalue weighted by molar-refractivity contribution is -0.142. The second kappa shape index (κ2) is 5.70. The van der Waals surface area contributed by atoms with Crippen molar-refractivity contribution in [3.63, 3.8) is 0 Å². The number of cyclic esters (lactones) is 1. The zero-order valence-electron chi connectivity index (χ0n) is 12.8. The van der Waals surface area contributed by atoms with Crippen molar-refractivity contribution in [3.8, 4) is 0 Å². The van der Waals surface area contributed by atoms with Crippen molar-refractivity contribution in [1.82, 2.24) is 14.8 Å². The summed E-state index contributed by atoms with van der Waals surface area (Å²) in [6, 6.07) is 9.65. The fourth-order valence-corrected chi connectivity index (χ4v) is 3.41. The molecule has 1 aromatic carbocycles. The molecule has 120 valence electrons. The van der Waals surface area contributed by atoms with Gasteiger partial charge in [0.05, 0.1) is 6.61 Å². The fraction of sp³-hybridized carbons (Fsp3) is 0.412. The number of amides is 1. The highest BCUT2D eigenvalue weighted by Crippen LogP contribution is 2.19. The molecule has 0 unspecified atom stereocenters. The van der Waals surface area contributed by atoms with Gasteiger partial charge in [-0.3, -0.25) is 14.5 Å². The molecule has 1 N–H and O–H groups in total. The zero-order chi connectivity index (χ0) is 15.8. The maximum Gasteiger partial charge on any atom is 0.323 e. The molecular weight excluding hydrogens is 294 g/mol. The van der Waals surface area contributed by atoms with E-state index >= 15 is 0 Å². The van der Waals surface area contributed by atoms with Gasteiger partial charge in [0.2, 0.25) is 0 Å². The van der Waals surface area contributed by atoms with Crippen LogP contribution in [0, 0.1) is 0 Å². The third kappa shape index (κ3) is 2.59. The number of esters is 1. The summed E-state index contributed by atoms with van der Waals surface area (Å²) < 4.78 is 5.03. The van der Waals surface area contributed by atoms with Gasteiger partial charge in [-0.05, 0) is 12.1 Å². The smallest absolute Gasteiger partial charge is 0.323 e. The first-order valence-corrected chi connectivity index (χ1v) is 8.00. The highest BCUT2D eigenvalue weighted by atomic mass is 16.5. The number of rotatable bonds is 2. The average Bonchev–Trinajstić information content (AvgIpc) is 3.20. The van der Waals surface area contributed by atoms with Gasteiger partial charge in [0.1, 0.15) is 11.7 Å². The van der Waals surface area contributed by atoms with Gasteiger partial charge in [0.25, 0.3) is 5.91 Å². The van der Waals surface area contributed by atoms with E-state index in [4.69, 9.17) is 4.74 Å². The Labute approximate surface area is 134 Å². The van der Waals surface area contributed by atoms with Crippen LogP contribution in [0.15, 0.2) is 30.3 Å². The number of ether oxygens (including phenoxy) is 1. The van der Waals surface area contributed by atoms with Crippen LogP contribution in [0.3, 0.4) is 0 Å². The molecule has 0 bridgehead atoms. The molecule has 1 atom stereocenters. The zero-order valence-corrected chi connectivity index (χ0v) is 12.8. The van der Waals surface area contributed by atoms with Crippen LogP contribution in [0.2, 0.25) is 0 Å². The number of carbonyl (C=O) groups excluding carboxylic acids is 2. The first-order chi connectivity index (χ1) is 11.2. The van der Waals surface area contributed by atoms with Crippen LogP contribution < -0.4 is 0 Å². The molecule has 4 rings (SSSR count). The summed E-state index contributed by atoms with van der Waals surface area (Å²) in [7, 11) is 0. The normalized spacial score (nSPS) is 22.5. The maximum absolute atomic E-state index is 12.6. The van der Waals surface area contributed by atoms with Gasteiger partial charge in [-0.2, -0.15) is 0 Å². The number of benzene rings is 1. The van der Waals surface area contributed by atoms with Crippen molar-refractivity contribution in [2.24, 2.45) is 0 Å². The van der Waals surface area contributed by atoms with Gasteiger partial charge in [-0.15, -0.1) is 0 Å². The van der Waals surface area contributed by atoms with E-state index in [9.17, 15) is 9.59 Å². The number of nitrogens with one attached hydrogen (secondary N) is 1. The molecule has 0 spiro atoms. The van der Waals surface area contributed by atoms with E-state index in [2.05, 4.69) is 9.88 Å². The second-order valence-electron chi connectivity index (χ2n) is 6.07. The lowest BCUT2D eigenvalue weighted by Crippen LogP contribution is -2.53. The number of nitrogens with zero attached hydrogens (tertiary/aromatic N) is 2. The first kappa shape index (κ1) is 14.3. The minimum absolute atomic E-state index is 0.0230. The number of carbonyl (C=O) groups is 2. The Kier molecular flexibility index (Phi) is 3.53. The van der Waals surface area contributed by atoms with Crippen molar-refractivity contribution < 1.29 is 14.3 Å². The van der Waals surface area contributed by atoms with Crippen LogP contribution >= 0.6 is 0 Å². The predicted molar refractivity (Wildman–Crippen MR) is 85.1 cm³/mol. The van der Waals surface area contributed by atoms with Gasteiger partial charge < -0.3 is 14.6 Å². The third-order valence-corrected chi connectivity index (χ3v) is 4.71. The third-order valence-electron chi connectivity index (χ3n) is 4.71. The number of piperazine rings is 1. The Bertz CT molecular complexity index is 713. The quantitative estimate of drug-likeness (QED) is 0.847. The standard InChI is InChI=1S/C17H19N3O3/c21-16(14-11-12-3-1-2-4-13(12)18-14)20-8-6-19(7-9-20)15-5-10-23-17(15)22/h1-4,11,15,18H,5-10H2/t15-/m1/s1. The number of fused-ring (bicyclic) bond motifs is 1. The lowest BCUT2D eigenvalue weighted by atomic mass is 10.1. The molecule has 2 saturated heterocycles. The summed E-state index contributed by atoms with van der Waals surface area (Å²) in [6.45, 7) is 3.21. The van der Waals surface area contributed by atoms with E-state index in [0.29, 0.717) is 38.5 Å². The molecule has 0 saturated carbocycles. The van der Waals surface area contributed by atoms with Crippen LogP contribution in [-0.2, 0) is 9.53 Å². The summed E-state index contributed by atoms with van der Waals surface area (Å²) in [4.78, 5) is 31.5. The summed E-state index contributed by atoms with van der Waals surface area (Å²) >= 11 is 0. The van der Waals surface area contributed by atoms with Gasteiger partial charge >= 0.3 is 5.97 Å². The van der Waals surface area contributed by atoms with Gasteiger partial charge in [0, 0.05) is 43.5 Å². The van der Waals surface area contributed by atoms with Crippen LogP contribution in [0.5, 0.6) is 0 Å². The number of hydrogen-bond donors (Lipinski definition) is 1. The summed E-state index contributed by atoms with van der Waals surface area (Å²) in [5, 5.41) is 1.04. The molecule has 6 heteroatoms. The molecule has 2 fully saturated rings. The van der Waals surface area contributed by atoms with Crippen molar-refractivity contribution in [2.75, 3.05) is 32.8 Å². The minimum atomic E-state index is -0.125. The Morgan fingerprint density at radius 3 is 2.65 bits per heavy atom. The largest absolute Gasteiger partial charge is 0.464 e. The second-order valence-corrected chi connectivity index (χ2v) is 6.07. The fourth-order valence-electron chi connectivity index (χ4n) is 3.41. The molecular formula is C17H19N3O3.